The van der Waals surface area contributed by atoms with Gasteiger partial charge in [-0.2, -0.15) is 13.2 Å². The van der Waals surface area contributed by atoms with E-state index in [9.17, 15) is 18.0 Å². The van der Waals surface area contributed by atoms with Gasteiger partial charge in [0.05, 0.1) is 5.92 Å². The van der Waals surface area contributed by atoms with Gasteiger partial charge >= 0.3 is 12.1 Å². The van der Waals surface area contributed by atoms with Crippen molar-refractivity contribution in [1.29, 1.82) is 0 Å². The van der Waals surface area contributed by atoms with Crippen LogP contribution in [0.1, 0.15) is 37.8 Å². The summed E-state index contributed by atoms with van der Waals surface area (Å²) in [5.74, 6) is -1.04. The highest BCUT2D eigenvalue weighted by Crippen LogP contribution is 2.21. The van der Waals surface area contributed by atoms with E-state index in [-0.39, 0.29) is 0 Å². The summed E-state index contributed by atoms with van der Waals surface area (Å²) in [7, 11) is 0. The molecule has 1 rings (SSSR count). The molecule has 0 heterocycles. The van der Waals surface area contributed by atoms with Gasteiger partial charge in [-0.3, -0.25) is 4.79 Å². The number of carbonyl (C=O) groups excluding carboxylic acids is 1. The summed E-state index contributed by atoms with van der Waals surface area (Å²) in [5, 5.41) is 0. The highest BCUT2D eigenvalue weighted by atomic mass is 19.4. The van der Waals surface area contributed by atoms with Crippen LogP contribution in [0.4, 0.5) is 13.2 Å². The maximum absolute atomic E-state index is 12.0. The Hall–Kier alpha value is -1.52. The van der Waals surface area contributed by atoms with Crippen LogP contribution in [-0.2, 0) is 16.0 Å². The van der Waals surface area contributed by atoms with Crippen LogP contribution in [0.2, 0.25) is 0 Å². The molecule has 0 aliphatic heterocycles. The standard InChI is InChI=1S/C15H19F3O2/c1-10(2)8-12-4-6-13(7-5-12)11(3)14(19)20-9-15(16,17)18/h4-7,10-11H,8-9H2,1-3H3/t11-/m0/s1. The predicted molar refractivity (Wildman–Crippen MR) is 70.4 cm³/mol. The topological polar surface area (TPSA) is 26.3 Å². The third-order valence-corrected chi connectivity index (χ3v) is 2.86. The van der Waals surface area contributed by atoms with Crippen molar-refractivity contribution in [3.8, 4) is 0 Å². The Morgan fingerprint density at radius 2 is 1.70 bits per heavy atom. The minimum Gasteiger partial charge on any atom is -0.456 e. The number of hydrogen-bond donors (Lipinski definition) is 0. The molecule has 0 saturated carbocycles. The summed E-state index contributed by atoms with van der Waals surface area (Å²) in [6.45, 7) is 4.20. The Balaban J connectivity index is 2.62. The van der Waals surface area contributed by atoms with Gasteiger partial charge in [-0.05, 0) is 30.4 Å². The van der Waals surface area contributed by atoms with Crippen LogP contribution in [0.15, 0.2) is 24.3 Å². The number of carbonyl (C=O) groups is 1. The predicted octanol–water partition coefficient (Wildman–Crippen LogP) is 4.09. The second kappa shape index (κ2) is 6.77. The van der Waals surface area contributed by atoms with E-state index in [2.05, 4.69) is 18.6 Å². The fourth-order valence-corrected chi connectivity index (χ4v) is 1.83. The van der Waals surface area contributed by atoms with Crippen LogP contribution in [0, 0.1) is 5.92 Å². The largest absolute Gasteiger partial charge is 0.456 e. The molecule has 1 atom stereocenters. The van der Waals surface area contributed by atoms with Crippen LogP contribution < -0.4 is 0 Å². The second-order valence-corrected chi connectivity index (χ2v) is 5.28. The molecule has 5 heteroatoms. The lowest BCUT2D eigenvalue weighted by Crippen LogP contribution is -2.23. The van der Waals surface area contributed by atoms with Crippen molar-refractivity contribution in [3.05, 3.63) is 35.4 Å². The highest BCUT2D eigenvalue weighted by molar-refractivity contribution is 5.77. The molecule has 20 heavy (non-hydrogen) atoms. The van der Waals surface area contributed by atoms with Crippen molar-refractivity contribution in [1.82, 2.24) is 0 Å². The number of rotatable bonds is 5. The van der Waals surface area contributed by atoms with Crippen LogP contribution in [0.3, 0.4) is 0 Å². The minimum atomic E-state index is -4.49. The Labute approximate surface area is 116 Å². The van der Waals surface area contributed by atoms with Gasteiger partial charge in [0.25, 0.3) is 0 Å². The van der Waals surface area contributed by atoms with Crippen molar-refractivity contribution >= 4 is 5.97 Å². The van der Waals surface area contributed by atoms with Crippen molar-refractivity contribution in [2.75, 3.05) is 6.61 Å². The van der Waals surface area contributed by atoms with Crippen LogP contribution >= 0.6 is 0 Å². The molecule has 0 fully saturated rings. The van der Waals surface area contributed by atoms with Crippen LogP contribution in [0.5, 0.6) is 0 Å². The average Bonchev–Trinajstić information content (AvgIpc) is 2.34. The quantitative estimate of drug-likeness (QED) is 0.763. The molecule has 2 nitrogen and oxygen atoms in total. The zero-order valence-corrected chi connectivity index (χ0v) is 11.8. The lowest BCUT2D eigenvalue weighted by Gasteiger charge is -2.14. The number of benzene rings is 1. The van der Waals surface area contributed by atoms with Gasteiger partial charge in [0.2, 0.25) is 0 Å². The Kier molecular flexibility index (Phi) is 5.60. The molecular weight excluding hydrogens is 269 g/mol. The molecule has 0 amide bonds. The van der Waals surface area contributed by atoms with E-state index in [0.717, 1.165) is 12.0 Å². The third kappa shape index (κ3) is 5.63. The molecule has 0 spiro atoms. The molecule has 0 saturated heterocycles. The number of alkyl halides is 3. The van der Waals surface area contributed by atoms with E-state index in [4.69, 9.17) is 0 Å². The first kappa shape index (κ1) is 16.5. The summed E-state index contributed by atoms with van der Waals surface area (Å²) < 4.78 is 40.2. The number of halogens is 3. The Bertz CT molecular complexity index is 435. The van der Waals surface area contributed by atoms with Crippen LogP contribution in [-0.4, -0.2) is 18.8 Å². The first-order valence-electron chi connectivity index (χ1n) is 6.51. The average molecular weight is 288 g/mol. The summed E-state index contributed by atoms with van der Waals surface area (Å²) in [6, 6.07) is 7.31. The minimum absolute atomic E-state index is 0.523. The molecule has 0 aliphatic carbocycles. The van der Waals surface area contributed by atoms with Gasteiger partial charge in [0.15, 0.2) is 6.61 Å². The zero-order chi connectivity index (χ0) is 15.3. The smallest absolute Gasteiger partial charge is 0.422 e. The molecular formula is C15H19F3O2. The van der Waals surface area contributed by atoms with E-state index in [1.165, 1.54) is 6.92 Å². The fraction of sp³-hybridized carbons (Fsp3) is 0.533. The maximum atomic E-state index is 12.0. The molecule has 1 aromatic carbocycles. The van der Waals surface area contributed by atoms with Crippen molar-refractivity contribution in [3.63, 3.8) is 0 Å². The summed E-state index contributed by atoms with van der Waals surface area (Å²) in [4.78, 5) is 11.5. The lowest BCUT2D eigenvalue weighted by atomic mass is 9.97. The van der Waals surface area contributed by atoms with E-state index in [1.54, 1.807) is 12.1 Å². The molecule has 0 unspecified atom stereocenters. The molecule has 0 aliphatic rings. The van der Waals surface area contributed by atoms with E-state index < -0.39 is 24.7 Å². The number of hydrogen-bond acceptors (Lipinski definition) is 2. The van der Waals surface area contributed by atoms with Crippen molar-refractivity contribution < 1.29 is 22.7 Å². The molecule has 0 bridgehead atoms. The Morgan fingerprint density at radius 1 is 1.15 bits per heavy atom. The van der Waals surface area contributed by atoms with Gasteiger partial charge in [0.1, 0.15) is 0 Å². The molecule has 0 radical (unpaired) electrons. The van der Waals surface area contributed by atoms with Gasteiger partial charge in [-0.1, -0.05) is 38.1 Å². The fourth-order valence-electron chi connectivity index (χ4n) is 1.83. The van der Waals surface area contributed by atoms with Gasteiger partial charge in [-0.25, -0.2) is 0 Å². The second-order valence-electron chi connectivity index (χ2n) is 5.28. The van der Waals surface area contributed by atoms with E-state index >= 15 is 0 Å². The number of esters is 1. The zero-order valence-electron chi connectivity index (χ0n) is 11.8. The highest BCUT2D eigenvalue weighted by Gasteiger charge is 2.30. The summed E-state index contributed by atoms with van der Waals surface area (Å²) >= 11 is 0. The summed E-state index contributed by atoms with van der Waals surface area (Å²) in [5.41, 5.74) is 1.80. The third-order valence-electron chi connectivity index (χ3n) is 2.86. The van der Waals surface area contributed by atoms with Gasteiger partial charge in [-0.15, -0.1) is 0 Å². The van der Waals surface area contributed by atoms with Crippen molar-refractivity contribution in [2.24, 2.45) is 5.92 Å². The molecule has 112 valence electrons. The molecule has 1 aromatic rings. The van der Waals surface area contributed by atoms with Gasteiger partial charge < -0.3 is 4.74 Å². The number of ether oxygens (including phenoxy) is 1. The maximum Gasteiger partial charge on any atom is 0.422 e. The normalized spacial score (nSPS) is 13.3. The van der Waals surface area contributed by atoms with Gasteiger partial charge in [0, 0.05) is 0 Å². The molecule has 0 aromatic heterocycles. The van der Waals surface area contributed by atoms with E-state index in [0.29, 0.717) is 11.5 Å². The molecule has 0 N–H and O–H groups in total. The first-order valence-corrected chi connectivity index (χ1v) is 6.51. The van der Waals surface area contributed by atoms with E-state index in [1.807, 2.05) is 12.1 Å². The Morgan fingerprint density at radius 3 is 2.15 bits per heavy atom. The monoisotopic (exact) mass is 288 g/mol. The van der Waals surface area contributed by atoms with Crippen LogP contribution in [0.25, 0.3) is 0 Å². The van der Waals surface area contributed by atoms with Crippen molar-refractivity contribution in [2.45, 2.75) is 39.3 Å². The first-order chi connectivity index (χ1) is 9.19. The lowest BCUT2D eigenvalue weighted by molar-refractivity contribution is -0.187. The SMILES string of the molecule is CC(C)Cc1ccc([C@H](C)C(=O)OCC(F)(F)F)cc1. The summed E-state index contributed by atoms with van der Waals surface area (Å²) in [6.07, 6.45) is -3.57.